The van der Waals surface area contributed by atoms with Gasteiger partial charge in [-0.3, -0.25) is 4.79 Å². The van der Waals surface area contributed by atoms with Gasteiger partial charge in [-0.1, -0.05) is 18.5 Å². The van der Waals surface area contributed by atoms with Crippen LogP contribution < -0.4 is 0 Å². The third-order valence-electron chi connectivity index (χ3n) is 2.87. The second-order valence-electron chi connectivity index (χ2n) is 4.41. The molecule has 2 aromatic rings. The average molecular weight is 305 g/mol. The third kappa shape index (κ3) is 2.95. The lowest BCUT2D eigenvalue weighted by Gasteiger charge is -2.08. The number of rotatable bonds is 4. The Morgan fingerprint density at radius 1 is 1.40 bits per heavy atom. The number of hydrogen-bond donors (Lipinski definition) is 0. The van der Waals surface area contributed by atoms with Crippen molar-refractivity contribution < 1.29 is 18.0 Å². The molecule has 0 aliphatic rings. The molecule has 1 aromatic heterocycles. The van der Waals surface area contributed by atoms with Crippen molar-refractivity contribution >= 4 is 28.4 Å². The number of aromatic nitrogens is 2. The molecule has 0 N–H and O–H groups in total. The van der Waals surface area contributed by atoms with E-state index in [2.05, 4.69) is 4.98 Å². The van der Waals surface area contributed by atoms with Crippen LogP contribution in [0.1, 0.15) is 19.2 Å². The topological polar surface area (TPSA) is 34.9 Å². The Labute approximate surface area is 118 Å². The first kappa shape index (κ1) is 14.8. The lowest BCUT2D eigenvalue weighted by Crippen LogP contribution is -2.26. The lowest BCUT2D eigenvalue weighted by atomic mass is 10.2. The Kier molecular flexibility index (Phi) is 4.04. The highest BCUT2D eigenvalue weighted by Crippen LogP contribution is 2.24. The van der Waals surface area contributed by atoms with Gasteiger partial charge in [0.15, 0.2) is 0 Å². The van der Waals surface area contributed by atoms with E-state index in [-0.39, 0.29) is 5.82 Å². The number of hydrogen-bond acceptors (Lipinski definition) is 2. The molecule has 20 heavy (non-hydrogen) atoms. The maximum absolute atomic E-state index is 12.4. The Hall–Kier alpha value is -1.56. The number of carbonyl (C=O) groups excluding carboxylic acids is 1. The average Bonchev–Trinajstić information content (AvgIpc) is 2.66. The van der Waals surface area contributed by atoms with Gasteiger partial charge in [0.25, 0.3) is 0 Å². The fraction of sp³-hybridized carbons (Fsp3) is 0.385. The van der Waals surface area contributed by atoms with Gasteiger partial charge in [-0.2, -0.15) is 13.2 Å². The smallest absolute Gasteiger partial charge is 0.328 e. The molecule has 0 amide bonds. The van der Waals surface area contributed by atoms with E-state index >= 15 is 0 Å². The van der Waals surface area contributed by atoms with E-state index in [0.29, 0.717) is 22.6 Å². The molecular weight excluding hydrogens is 293 g/mol. The van der Waals surface area contributed by atoms with Gasteiger partial charge >= 0.3 is 6.18 Å². The molecule has 108 valence electrons. The monoisotopic (exact) mass is 304 g/mol. The minimum atomic E-state index is -4.84. The quantitative estimate of drug-likeness (QED) is 0.861. The molecule has 0 radical (unpaired) electrons. The molecule has 0 spiro atoms. The molecule has 0 atom stereocenters. The summed E-state index contributed by atoms with van der Waals surface area (Å²) >= 11 is 5.84. The van der Waals surface area contributed by atoms with E-state index in [0.717, 1.165) is 6.42 Å². The van der Waals surface area contributed by atoms with Crippen LogP contribution in [0.4, 0.5) is 13.2 Å². The zero-order valence-corrected chi connectivity index (χ0v) is 11.4. The highest BCUT2D eigenvalue weighted by atomic mass is 35.5. The van der Waals surface area contributed by atoms with E-state index in [9.17, 15) is 18.0 Å². The number of nitrogens with zero attached hydrogens (tertiary/aromatic N) is 2. The molecule has 3 nitrogen and oxygen atoms in total. The molecule has 0 unspecified atom stereocenters. The molecule has 0 saturated heterocycles. The Morgan fingerprint density at radius 2 is 2.10 bits per heavy atom. The van der Waals surface area contributed by atoms with Crippen LogP contribution in [0, 0.1) is 0 Å². The zero-order chi connectivity index (χ0) is 14.9. The molecule has 1 aromatic carbocycles. The number of imidazole rings is 1. The van der Waals surface area contributed by atoms with Gasteiger partial charge in [0, 0.05) is 11.6 Å². The largest absolute Gasteiger partial charge is 0.450 e. The molecule has 2 rings (SSSR count). The zero-order valence-electron chi connectivity index (χ0n) is 10.7. The second-order valence-corrected chi connectivity index (χ2v) is 4.85. The van der Waals surface area contributed by atoms with Crippen molar-refractivity contribution in [2.45, 2.75) is 32.5 Å². The highest BCUT2D eigenvalue weighted by molar-refractivity contribution is 6.31. The number of fused-ring (bicyclic) bond motifs is 1. The second kappa shape index (κ2) is 5.44. The molecular formula is C13H12ClF3N2O. The van der Waals surface area contributed by atoms with Gasteiger partial charge in [-0.15, -0.1) is 0 Å². The molecule has 0 aliphatic heterocycles. The van der Waals surface area contributed by atoms with Crippen molar-refractivity contribution in [3.05, 3.63) is 29.0 Å². The van der Waals surface area contributed by atoms with E-state index in [1.165, 1.54) is 0 Å². The summed E-state index contributed by atoms with van der Waals surface area (Å²) < 4.78 is 38.7. The predicted molar refractivity (Wildman–Crippen MR) is 69.8 cm³/mol. The molecule has 1 heterocycles. The minimum Gasteiger partial charge on any atom is -0.328 e. The standard InChI is InChI=1S/C13H12ClF3N2O/c1-2-5-19-10-4-3-8(14)6-9(10)18-12(19)7-11(20)13(15,16)17/h3-4,6H,2,5,7H2,1H3. The van der Waals surface area contributed by atoms with Crippen LogP contribution in [-0.4, -0.2) is 21.5 Å². The summed E-state index contributed by atoms with van der Waals surface area (Å²) in [5.74, 6) is -1.68. The Bertz CT molecular complexity index is 649. The van der Waals surface area contributed by atoms with Crippen molar-refractivity contribution in [3.8, 4) is 0 Å². The Balaban J connectivity index is 2.46. The number of ketones is 1. The number of aryl methyl sites for hydroxylation is 1. The first-order chi connectivity index (χ1) is 9.32. The summed E-state index contributed by atoms with van der Waals surface area (Å²) in [7, 11) is 0. The van der Waals surface area contributed by atoms with Crippen LogP contribution in [0.5, 0.6) is 0 Å². The van der Waals surface area contributed by atoms with E-state index in [4.69, 9.17) is 11.6 Å². The Morgan fingerprint density at radius 3 is 2.70 bits per heavy atom. The predicted octanol–water partition coefficient (Wildman–Crippen LogP) is 3.77. The normalized spacial score (nSPS) is 12.1. The maximum atomic E-state index is 12.4. The van der Waals surface area contributed by atoms with Gasteiger partial charge in [-0.25, -0.2) is 4.98 Å². The first-order valence-electron chi connectivity index (χ1n) is 6.07. The highest BCUT2D eigenvalue weighted by Gasteiger charge is 2.38. The van der Waals surface area contributed by atoms with Crippen LogP contribution in [0.15, 0.2) is 18.2 Å². The summed E-state index contributed by atoms with van der Waals surface area (Å²) in [6.07, 6.45) is -4.87. The van der Waals surface area contributed by atoms with Crippen molar-refractivity contribution in [2.75, 3.05) is 0 Å². The van der Waals surface area contributed by atoms with Crippen molar-refractivity contribution in [3.63, 3.8) is 0 Å². The lowest BCUT2D eigenvalue weighted by molar-refractivity contribution is -0.170. The van der Waals surface area contributed by atoms with E-state index < -0.39 is 18.4 Å². The summed E-state index contributed by atoms with van der Waals surface area (Å²) in [5, 5.41) is 0.451. The molecule has 0 bridgehead atoms. The van der Waals surface area contributed by atoms with E-state index in [1.54, 1.807) is 22.8 Å². The minimum absolute atomic E-state index is 0.117. The van der Waals surface area contributed by atoms with Crippen LogP contribution in [0.2, 0.25) is 5.02 Å². The number of benzene rings is 1. The SMILES string of the molecule is CCCn1c(CC(=O)C(F)(F)F)nc2cc(Cl)ccc21. The fourth-order valence-electron chi connectivity index (χ4n) is 2.00. The first-order valence-corrected chi connectivity index (χ1v) is 6.45. The van der Waals surface area contributed by atoms with Crippen LogP contribution in [-0.2, 0) is 17.8 Å². The van der Waals surface area contributed by atoms with Gasteiger partial charge in [0.05, 0.1) is 17.5 Å². The molecule has 7 heteroatoms. The van der Waals surface area contributed by atoms with Gasteiger partial charge in [0.1, 0.15) is 5.82 Å². The van der Waals surface area contributed by atoms with Gasteiger partial charge in [-0.05, 0) is 24.6 Å². The third-order valence-corrected chi connectivity index (χ3v) is 3.11. The molecule has 0 saturated carbocycles. The van der Waals surface area contributed by atoms with Gasteiger partial charge in [0.2, 0.25) is 5.78 Å². The molecule has 0 fully saturated rings. The number of halogens is 4. The summed E-state index contributed by atoms with van der Waals surface area (Å²) in [6, 6.07) is 4.92. The number of Topliss-reactive ketones (excluding diaryl/α,β-unsaturated/α-hetero) is 1. The summed E-state index contributed by atoms with van der Waals surface area (Å²) in [6.45, 7) is 2.40. The maximum Gasteiger partial charge on any atom is 0.450 e. The molecule has 0 aliphatic carbocycles. The van der Waals surface area contributed by atoms with Crippen LogP contribution in [0.25, 0.3) is 11.0 Å². The number of carbonyl (C=O) groups is 1. The van der Waals surface area contributed by atoms with Gasteiger partial charge < -0.3 is 4.57 Å². The van der Waals surface area contributed by atoms with Crippen LogP contribution >= 0.6 is 11.6 Å². The van der Waals surface area contributed by atoms with Crippen molar-refractivity contribution in [2.24, 2.45) is 0 Å². The number of alkyl halides is 3. The van der Waals surface area contributed by atoms with E-state index in [1.807, 2.05) is 6.92 Å². The fourth-order valence-corrected chi connectivity index (χ4v) is 2.17. The summed E-state index contributed by atoms with van der Waals surface area (Å²) in [5.41, 5.74) is 1.18. The van der Waals surface area contributed by atoms with Crippen molar-refractivity contribution in [1.82, 2.24) is 9.55 Å². The van der Waals surface area contributed by atoms with Crippen LogP contribution in [0.3, 0.4) is 0 Å². The van der Waals surface area contributed by atoms with Crippen molar-refractivity contribution in [1.29, 1.82) is 0 Å². The summed E-state index contributed by atoms with van der Waals surface area (Å²) in [4.78, 5) is 15.2.